The summed E-state index contributed by atoms with van der Waals surface area (Å²) in [6, 6.07) is 8.58. The fourth-order valence-corrected chi connectivity index (χ4v) is 2.73. The van der Waals surface area contributed by atoms with Gasteiger partial charge in [0, 0.05) is 21.2 Å². The third kappa shape index (κ3) is 3.67. The molecule has 0 heterocycles. The zero-order valence-electron chi connectivity index (χ0n) is 10.1. The number of hydrogen-bond acceptors (Lipinski definition) is 1. The van der Waals surface area contributed by atoms with Crippen molar-refractivity contribution < 1.29 is 8.78 Å². The SMILES string of the molecule is CC(Nc1cc(F)cc(Cl)c1)c1ccc(F)cc1Br. The predicted octanol–water partition coefficient (Wildman–Crippen LogP) is 5.55. The summed E-state index contributed by atoms with van der Waals surface area (Å²) in [5, 5.41) is 3.45. The van der Waals surface area contributed by atoms with Crippen LogP contribution in [0.2, 0.25) is 5.02 Å². The van der Waals surface area contributed by atoms with Crippen LogP contribution in [0.4, 0.5) is 14.5 Å². The molecule has 0 bridgehead atoms. The van der Waals surface area contributed by atoms with Crippen LogP contribution in [0.3, 0.4) is 0 Å². The Balaban J connectivity index is 2.22. The van der Waals surface area contributed by atoms with E-state index in [-0.39, 0.29) is 11.9 Å². The smallest absolute Gasteiger partial charge is 0.126 e. The first-order valence-electron chi connectivity index (χ1n) is 5.63. The Kier molecular flexibility index (Phi) is 4.42. The first-order valence-corrected chi connectivity index (χ1v) is 6.80. The lowest BCUT2D eigenvalue weighted by molar-refractivity contribution is 0.625. The number of anilines is 1. The largest absolute Gasteiger partial charge is 0.378 e. The maximum absolute atomic E-state index is 13.2. The van der Waals surface area contributed by atoms with Crippen LogP contribution < -0.4 is 5.32 Å². The Morgan fingerprint density at radius 3 is 2.47 bits per heavy atom. The third-order valence-corrected chi connectivity index (χ3v) is 3.58. The first kappa shape index (κ1) is 14.3. The summed E-state index contributed by atoms with van der Waals surface area (Å²) >= 11 is 9.10. The van der Waals surface area contributed by atoms with Crippen molar-refractivity contribution in [3.63, 3.8) is 0 Å². The van der Waals surface area contributed by atoms with Gasteiger partial charge in [-0.15, -0.1) is 0 Å². The molecule has 2 aromatic carbocycles. The monoisotopic (exact) mass is 345 g/mol. The van der Waals surface area contributed by atoms with Gasteiger partial charge in [-0.05, 0) is 42.8 Å². The highest BCUT2D eigenvalue weighted by Crippen LogP contribution is 2.28. The molecule has 0 spiro atoms. The Morgan fingerprint density at radius 2 is 1.84 bits per heavy atom. The van der Waals surface area contributed by atoms with Crippen molar-refractivity contribution >= 4 is 33.2 Å². The Bertz CT molecular complexity index is 584. The second kappa shape index (κ2) is 5.88. The van der Waals surface area contributed by atoms with E-state index >= 15 is 0 Å². The van der Waals surface area contributed by atoms with Crippen molar-refractivity contribution in [1.82, 2.24) is 0 Å². The number of nitrogens with one attached hydrogen (secondary N) is 1. The van der Waals surface area contributed by atoms with Crippen molar-refractivity contribution in [3.05, 3.63) is 63.1 Å². The molecule has 2 aromatic rings. The summed E-state index contributed by atoms with van der Waals surface area (Å²) in [6.07, 6.45) is 0. The van der Waals surface area contributed by atoms with Gasteiger partial charge >= 0.3 is 0 Å². The van der Waals surface area contributed by atoms with Gasteiger partial charge in [0.15, 0.2) is 0 Å². The summed E-state index contributed by atoms with van der Waals surface area (Å²) in [4.78, 5) is 0. The predicted molar refractivity (Wildman–Crippen MR) is 77.5 cm³/mol. The molecule has 1 nitrogen and oxygen atoms in total. The van der Waals surface area contributed by atoms with Gasteiger partial charge in [0.1, 0.15) is 11.6 Å². The van der Waals surface area contributed by atoms with Crippen molar-refractivity contribution in [2.75, 3.05) is 5.32 Å². The molecule has 0 radical (unpaired) electrons. The molecule has 1 N–H and O–H groups in total. The van der Waals surface area contributed by atoms with Gasteiger partial charge in [-0.2, -0.15) is 0 Å². The average molecular weight is 347 g/mol. The first-order chi connectivity index (χ1) is 8.95. The van der Waals surface area contributed by atoms with Crippen LogP contribution in [-0.4, -0.2) is 0 Å². The minimum absolute atomic E-state index is 0.118. The highest BCUT2D eigenvalue weighted by Gasteiger charge is 2.11. The third-order valence-electron chi connectivity index (χ3n) is 2.67. The topological polar surface area (TPSA) is 12.0 Å². The molecular weight excluding hydrogens is 336 g/mol. The van der Waals surface area contributed by atoms with Gasteiger partial charge < -0.3 is 5.32 Å². The summed E-state index contributed by atoms with van der Waals surface area (Å²) < 4.78 is 26.9. The van der Waals surface area contributed by atoms with Gasteiger partial charge in [-0.3, -0.25) is 0 Å². The van der Waals surface area contributed by atoms with E-state index in [1.165, 1.54) is 24.3 Å². The highest BCUT2D eigenvalue weighted by atomic mass is 79.9. The summed E-state index contributed by atoms with van der Waals surface area (Å²) in [5.74, 6) is -0.711. The maximum Gasteiger partial charge on any atom is 0.126 e. The molecule has 0 aliphatic heterocycles. The fraction of sp³-hybridized carbons (Fsp3) is 0.143. The molecule has 1 atom stereocenters. The molecule has 0 aliphatic rings. The molecule has 1 unspecified atom stereocenters. The van der Waals surface area contributed by atoms with Gasteiger partial charge in [0.05, 0.1) is 0 Å². The molecule has 0 fully saturated rings. The van der Waals surface area contributed by atoms with E-state index in [9.17, 15) is 8.78 Å². The molecule has 0 saturated carbocycles. The molecule has 0 amide bonds. The molecule has 2 rings (SSSR count). The fourth-order valence-electron chi connectivity index (χ4n) is 1.82. The van der Waals surface area contributed by atoms with E-state index in [1.807, 2.05) is 6.92 Å². The second-order valence-electron chi connectivity index (χ2n) is 4.19. The quantitative estimate of drug-likeness (QED) is 0.768. The molecule has 5 heteroatoms. The maximum atomic E-state index is 13.2. The highest BCUT2D eigenvalue weighted by molar-refractivity contribution is 9.10. The van der Waals surface area contributed by atoms with E-state index in [1.54, 1.807) is 12.1 Å². The molecular formula is C14H11BrClF2N. The van der Waals surface area contributed by atoms with Crippen molar-refractivity contribution in [1.29, 1.82) is 0 Å². The number of rotatable bonds is 3. The van der Waals surface area contributed by atoms with Crippen molar-refractivity contribution in [2.45, 2.75) is 13.0 Å². The van der Waals surface area contributed by atoms with E-state index in [0.717, 1.165) is 5.56 Å². The Morgan fingerprint density at radius 1 is 1.11 bits per heavy atom. The van der Waals surface area contributed by atoms with Crippen molar-refractivity contribution in [3.8, 4) is 0 Å². The lowest BCUT2D eigenvalue weighted by Gasteiger charge is -2.17. The normalized spacial score (nSPS) is 12.3. The van der Waals surface area contributed by atoms with Crippen LogP contribution in [0.15, 0.2) is 40.9 Å². The molecule has 0 aromatic heterocycles. The lowest BCUT2D eigenvalue weighted by Crippen LogP contribution is -2.07. The zero-order valence-corrected chi connectivity index (χ0v) is 12.4. The number of benzene rings is 2. The van der Waals surface area contributed by atoms with Crippen molar-refractivity contribution in [2.24, 2.45) is 0 Å². The van der Waals surface area contributed by atoms with E-state index in [0.29, 0.717) is 15.2 Å². The summed E-state index contributed by atoms with van der Waals surface area (Å²) in [5.41, 5.74) is 1.45. The zero-order chi connectivity index (χ0) is 14.0. The molecule has 100 valence electrons. The van der Waals surface area contributed by atoms with Gasteiger partial charge in [-0.25, -0.2) is 8.78 Å². The van der Waals surface area contributed by atoms with Crippen LogP contribution in [0.5, 0.6) is 0 Å². The second-order valence-corrected chi connectivity index (χ2v) is 5.48. The van der Waals surface area contributed by atoms with Crippen LogP contribution in [0, 0.1) is 11.6 Å². The van der Waals surface area contributed by atoms with Crippen LogP contribution in [0.25, 0.3) is 0 Å². The minimum atomic E-state index is -0.402. The summed E-state index contributed by atoms with van der Waals surface area (Å²) in [6.45, 7) is 1.90. The molecule has 0 saturated heterocycles. The lowest BCUT2D eigenvalue weighted by atomic mass is 10.1. The molecule has 0 aliphatic carbocycles. The Labute approximate surface area is 123 Å². The standard InChI is InChI=1S/C14H11BrClF2N/c1-8(13-3-2-10(17)7-14(13)15)19-12-5-9(16)4-11(18)6-12/h2-8,19H,1H3. The average Bonchev–Trinajstić information content (AvgIpc) is 2.26. The Hall–Kier alpha value is -1.13. The van der Waals surface area contributed by atoms with E-state index in [2.05, 4.69) is 21.2 Å². The minimum Gasteiger partial charge on any atom is -0.378 e. The number of hydrogen-bond donors (Lipinski definition) is 1. The van der Waals surface area contributed by atoms with E-state index in [4.69, 9.17) is 11.6 Å². The van der Waals surface area contributed by atoms with Gasteiger partial charge in [0.2, 0.25) is 0 Å². The van der Waals surface area contributed by atoms with Gasteiger partial charge in [0.25, 0.3) is 0 Å². The van der Waals surface area contributed by atoms with Crippen LogP contribution in [-0.2, 0) is 0 Å². The van der Waals surface area contributed by atoms with E-state index < -0.39 is 5.82 Å². The van der Waals surface area contributed by atoms with Crippen LogP contribution >= 0.6 is 27.5 Å². The van der Waals surface area contributed by atoms with Gasteiger partial charge in [-0.1, -0.05) is 33.6 Å². The molecule has 19 heavy (non-hydrogen) atoms. The van der Waals surface area contributed by atoms with Crippen LogP contribution in [0.1, 0.15) is 18.5 Å². The summed E-state index contributed by atoms with van der Waals surface area (Å²) in [7, 11) is 0. The number of halogens is 4.